The summed E-state index contributed by atoms with van der Waals surface area (Å²) in [6.07, 6.45) is 3.32. The Morgan fingerprint density at radius 1 is 1.04 bits per heavy atom. The molecule has 1 aromatic rings. The van der Waals surface area contributed by atoms with Crippen molar-refractivity contribution < 1.29 is 23.9 Å². The highest BCUT2D eigenvalue weighted by Crippen LogP contribution is 2.23. The Bertz CT molecular complexity index is 711. The number of nitrogens with one attached hydrogen (secondary N) is 2. The molecule has 0 heterocycles. The third kappa shape index (κ3) is 6.55. The number of rotatable bonds is 4. The van der Waals surface area contributed by atoms with E-state index in [0.717, 1.165) is 25.7 Å². The van der Waals surface area contributed by atoms with Gasteiger partial charge in [-0.25, -0.2) is 9.59 Å². The molecule has 2 N–H and O–H groups in total. The summed E-state index contributed by atoms with van der Waals surface area (Å²) in [5.74, 6) is -0.776. The van der Waals surface area contributed by atoms with Crippen LogP contribution >= 0.6 is 0 Å². The third-order valence-electron chi connectivity index (χ3n) is 4.50. The monoisotopic (exact) mass is 390 g/mol. The molecule has 0 bridgehead atoms. The van der Waals surface area contributed by atoms with Crippen molar-refractivity contribution in [3.63, 3.8) is 0 Å². The highest BCUT2D eigenvalue weighted by molar-refractivity contribution is 5.97. The number of hydrogen-bond acceptors (Lipinski definition) is 5. The number of amides is 2. The van der Waals surface area contributed by atoms with Crippen molar-refractivity contribution in [3.05, 3.63) is 35.4 Å². The van der Waals surface area contributed by atoms with Gasteiger partial charge in [-0.15, -0.1) is 0 Å². The molecular weight excluding hydrogens is 360 g/mol. The van der Waals surface area contributed by atoms with Crippen molar-refractivity contribution in [1.82, 2.24) is 10.6 Å². The number of carbonyl (C=O) groups excluding carboxylic acids is 3. The van der Waals surface area contributed by atoms with Gasteiger partial charge < -0.3 is 20.1 Å². The quantitative estimate of drug-likeness (QED) is 0.607. The van der Waals surface area contributed by atoms with E-state index < -0.39 is 23.8 Å². The Labute approximate surface area is 166 Å². The minimum Gasteiger partial charge on any atom is -0.457 e. The molecule has 28 heavy (non-hydrogen) atoms. The van der Waals surface area contributed by atoms with E-state index in [1.807, 2.05) is 0 Å². The number of carbonyl (C=O) groups is 3. The summed E-state index contributed by atoms with van der Waals surface area (Å²) in [4.78, 5) is 36.6. The summed E-state index contributed by atoms with van der Waals surface area (Å²) in [7, 11) is 1.53. The summed E-state index contributed by atoms with van der Waals surface area (Å²) in [5.41, 5.74) is 0.101. The molecule has 2 rings (SSSR count). The summed E-state index contributed by atoms with van der Waals surface area (Å²) in [6.45, 7) is 5.41. The molecule has 0 aliphatic heterocycles. The molecule has 0 saturated heterocycles. The summed E-state index contributed by atoms with van der Waals surface area (Å²) >= 11 is 0. The number of benzene rings is 1. The maximum atomic E-state index is 12.7. The molecule has 7 heteroatoms. The SMILES string of the molecule is CNC(=O)c1cccc(C(=O)O[C@@H]2CCCCC[C@@H]2NC(=O)OC(C)(C)C)c1. The topological polar surface area (TPSA) is 93.7 Å². The maximum Gasteiger partial charge on any atom is 0.408 e. The fourth-order valence-corrected chi connectivity index (χ4v) is 3.18. The Morgan fingerprint density at radius 2 is 1.71 bits per heavy atom. The molecule has 1 aliphatic rings. The van der Waals surface area contributed by atoms with Crippen molar-refractivity contribution in [2.45, 2.75) is 70.6 Å². The van der Waals surface area contributed by atoms with E-state index >= 15 is 0 Å². The third-order valence-corrected chi connectivity index (χ3v) is 4.50. The van der Waals surface area contributed by atoms with Crippen molar-refractivity contribution in [1.29, 1.82) is 0 Å². The Kier molecular flexibility index (Phi) is 7.43. The number of hydrogen-bond donors (Lipinski definition) is 2. The number of ether oxygens (including phenoxy) is 2. The van der Waals surface area contributed by atoms with Gasteiger partial charge in [0.15, 0.2) is 0 Å². The Hall–Kier alpha value is -2.57. The second-order valence-corrected chi connectivity index (χ2v) is 7.99. The van der Waals surface area contributed by atoms with Gasteiger partial charge in [0.1, 0.15) is 11.7 Å². The fraction of sp³-hybridized carbons (Fsp3) is 0.571. The molecular formula is C21H30N2O5. The maximum absolute atomic E-state index is 12.7. The second kappa shape index (κ2) is 9.57. The van der Waals surface area contributed by atoms with Gasteiger partial charge in [-0.05, 0) is 58.2 Å². The minimum atomic E-state index is -0.596. The highest BCUT2D eigenvalue weighted by atomic mass is 16.6. The lowest BCUT2D eigenvalue weighted by Crippen LogP contribution is -2.46. The van der Waals surface area contributed by atoms with Crippen LogP contribution in [-0.2, 0) is 9.47 Å². The molecule has 1 fully saturated rings. The predicted molar refractivity (Wildman–Crippen MR) is 105 cm³/mol. The standard InChI is InChI=1S/C21H30N2O5/c1-21(2,3)28-20(26)23-16-11-6-5-7-12-17(16)27-19(25)15-10-8-9-14(13-15)18(24)22-4/h8-10,13,16-17H,5-7,11-12H2,1-4H3,(H,22,24)(H,23,26)/t16-,17+/m0/s1. The molecule has 1 aromatic carbocycles. The van der Waals surface area contributed by atoms with Crippen molar-refractivity contribution in [2.24, 2.45) is 0 Å². The van der Waals surface area contributed by atoms with Crippen molar-refractivity contribution in [3.8, 4) is 0 Å². The van der Waals surface area contributed by atoms with Gasteiger partial charge in [-0.3, -0.25) is 4.79 Å². The molecule has 1 aliphatic carbocycles. The zero-order valence-corrected chi connectivity index (χ0v) is 17.0. The minimum absolute atomic E-state index is 0.270. The van der Waals surface area contributed by atoms with E-state index in [-0.39, 0.29) is 11.9 Å². The van der Waals surface area contributed by atoms with Crippen LogP contribution in [0.2, 0.25) is 0 Å². The molecule has 7 nitrogen and oxygen atoms in total. The lowest BCUT2D eigenvalue weighted by molar-refractivity contribution is 0.0122. The summed E-state index contributed by atoms with van der Waals surface area (Å²) in [5, 5.41) is 5.39. The first-order valence-electron chi connectivity index (χ1n) is 9.72. The molecule has 1 saturated carbocycles. The van der Waals surface area contributed by atoms with Crippen molar-refractivity contribution in [2.75, 3.05) is 7.05 Å². The van der Waals surface area contributed by atoms with Gasteiger partial charge >= 0.3 is 12.1 Å². The summed E-state index contributed by atoms with van der Waals surface area (Å²) in [6, 6.07) is 6.10. The zero-order valence-electron chi connectivity index (χ0n) is 17.0. The van der Waals surface area contributed by atoms with Gasteiger partial charge in [-0.1, -0.05) is 18.9 Å². The van der Waals surface area contributed by atoms with E-state index in [2.05, 4.69) is 10.6 Å². The van der Waals surface area contributed by atoms with Crippen LogP contribution in [0.5, 0.6) is 0 Å². The van der Waals surface area contributed by atoms with E-state index in [1.54, 1.807) is 39.0 Å². The van der Waals surface area contributed by atoms with Gasteiger partial charge in [0.05, 0.1) is 11.6 Å². The average Bonchev–Trinajstić information content (AvgIpc) is 2.84. The lowest BCUT2D eigenvalue weighted by atomic mass is 10.1. The Balaban J connectivity index is 2.08. The average molecular weight is 390 g/mol. The lowest BCUT2D eigenvalue weighted by Gasteiger charge is -2.28. The molecule has 2 amide bonds. The summed E-state index contributed by atoms with van der Waals surface area (Å²) < 4.78 is 11.1. The molecule has 0 spiro atoms. The fourth-order valence-electron chi connectivity index (χ4n) is 3.18. The van der Waals surface area contributed by atoms with Crippen LogP contribution in [0.3, 0.4) is 0 Å². The molecule has 2 atom stereocenters. The number of esters is 1. The van der Waals surface area contributed by atoms with Crippen LogP contribution in [0.1, 0.15) is 73.6 Å². The van der Waals surface area contributed by atoms with Crippen LogP contribution in [0, 0.1) is 0 Å². The van der Waals surface area contributed by atoms with Crippen LogP contribution in [-0.4, -0.2) is 42.8 Å². The Morgan fingerprint density at radius 3 is 2.39 bits per heavy atom. The van der Waals surface area contributed by atoms with Crippen LogP contribution in [0.4, 0.5) is 4.79 Å². The van der Waals surface area contributed by atoms with E-state index in [1.165, 1.54) is 13.1 Å². The molecule has 0 radical (unpaired) electrons. The highest BCUT2D eigenvalue weighted by Gasteiger charge is 2.30. The van der Waals surface area contributed by atoms with Crippen LogP contribution in [0.25, 0.3) is 0 Å². The van der Waals surface area contributed by atoms with Crippen LogP contribution in [0.15, 0.2) is 24.3 Å². The molecule has 0 aromatic heterocycles. The van der Waals surface area contributed by atoms with E-state index in [0.29, 0.717) is 17.5 Å². The number of alkyl carbamates (subject to hydrolysis) is 1. The van der Waals surface area contributed by atoms with E-state index in [4.69, 9.17) is 9.47 Å². The van der Waals surface area contributed by atoms with E-state index in [9.17, 15) is 14.4 Å². The van der Waals surface area contributed by atoms with Crippen LogP contribution < -0.4 is 10.6 Å². The predicted octanol–water partition coefficient (Wildman–Crippen LogP) is 3.43. The van der Waals surface area contributed by atoms with Gasteiger partial charge in [0, 0.05) is 12.6 Å². The normalized spacial score (nSPS) is 19.9. The first-order valence-corrected chi connectivity index (χ1v) is 9.72. The smallest absolute Gasteiger partial charge is 0.408 e. The van der Waals surface area contributed by atoms with Gasteiger partial charge in [0.2, 0.25) is 0 Å². The molecule has 0 unspecified atom stereocenters. The van der Waals surface area contributed by atoms with Crippen molar-refractivity contribution >= 4 is 18.0 Å². The molecule has 154 valence electrons. The van der Waals surface area contributed by atoms with Gasteiger partial charge in [0.25, 0.3) is 5.91 Å². The zero-order chi connectivity index (χ0) is 20.7. The largest absolute Gasteiger partial charge is 0.457 e. The second-order valence-electron chi connectivity index (χ2n) is 7.99. The first-order chi connectivity index (χ1) is 13.2. The van der Waals surface area contributed by atoms with Gasteiger partial charge in [-0.2, -0.15) is 0 Å². The first kappa shape index (κ1) is 21.7.